The molecule has 16 heavy (non-hydrogen) atoms. The molecule has 88 valence electrons. The van der Waals surface area contributed by atoms with Crippen LogP contribution in [-0.2, 0) is 4.84 Å². The number of hydrogen-bond donors (Lipinski definition) is 2. The Balaban J connectivity index is 2.58. The van der Waals surface area contributed by atoms with Crippen LogP contribution in [0.4, 0.5) is 0 Å². The van der Waals surface area contributed by atoms with Crippen molar-refractivity contribution in [2.75, 3.05) is 0 Å². The third-order valence-corrected chi connectivity index (χ3v) is 2.37. The maximum absolute atomic E-state index is 4.96. The van der Waals surface area contributed by atoms with E-state index in [1.807, 2.05) is 6.92 Å². The van der Waals surface area contributed by atoms with Gasteiger partial charge in [-0.05, 0) is 38.1 Å². The van der Waals surface area contributed by atoms with Gasteiger partial charge >= 0.3 is 0 Å². The smallest absolute Gasteiger partial charge is 0.280 e. The number of rotatable bonds is 4. The average Bonchev–Trinajstić information content (AvgIpc) is 2.65. The summed E-state index contributed by atoms with van der Waals surface area (Å²) in [6, 6.07) is 0. The van der Waals surface area contributed by atoms with Crippen LogP contribution in [0.15, 0.2) is 35.5 Å². The van der Waals surface area contributed by atoms with E-state index in [1.165, 1.54) is 5.57 Å². The van der Waals surface area contributed by atoms with Crippen LogP contribution in [-0.4, -0.2) is 11.3 Å². The Morgan fingerprint density at radius 3 is 2.81 bits per heavy atom. The van der Waals surface area contributed by atoms with Gasteiger partial charge in [-0.3, -0.25) is 0 Å². The fourth-order valence-corrected chi connectivity index (χ4v) is 1.51. The molecule has 1 heterocycles. The first kappa shape index (κ1) is 12.9. The summed E-state index contributed by atoms with van der Waals surface area (Å²) in [6.45, 7) is 6.21. The van der Waals surface area contributed by atoms with E-state index >= 15 is 0 Å². The first-order chi connectivity index (χ1) is 7.63. The van der Waals surface area contributed by atoms with Gasteiger partial charge in [-0.2, -0.15) is 0 Å². The second-order valence-electron chi connectivity index (χ2n) is 3.72. The maximum atomic E-state index is 4.96. The van der Waals surface area contributed by atoms with Gasteiger partial charge < -0.3 is 10.2 Å². The van der Waals surface area contributed by atoms with Crippen LogP contribution < -0.4 is 10.8 Å². The van der Waals surface area contributed by atoms with E-state index in [-0.39, 0.29) is 6.17 Å². The Kier molecular flexibility index (Phi) is 5.22. The fraction of sp³-hybridized carbons (Fsp3) is 0.417. The van der Waals surface area contributed by atoms with Gasteiger partial charge in [-0.15, -0.1) is 5.48 Å². The van der Waals surface area contributed by atoms with Crippen LogP contribution in [0.25, 0.3) is 0 Å². The Morgan fingerprint density at radius 2 is 2.25 bits per heavy atom. The summed E-state index contributed by atoms with van der Waals surface area (Å²) >= 11 is 4.87. The Hall–Kier alpha value is -1.13. The van der Waals surface area contributed by atoms with Gasteiger partial charge in [-0.1, -0.05) is 36.8 Å². The van der Waals surface area contributed by atoms with Gasteiger partial charge in [0.2, 0.25) is 0 Å². The fourth-order valence-electron chi connectivity index (χ4n) is 1.34. The maximum Gasteiger partial charge on any atom is 0.280 e. The monoisotopic (exact) mass is 238 g/mol. The van der Waals surface area contributed by atoms with Crippen molar-refractivity contribution in [3.63, 3.8) is 0 Å². The van der Waals surface area contributed by atoms with Crippen LogP contribution in [0.1, 0.15) is 27.2 Å². The minimum absolute atomic E-state index is 0.0222. The lowest BCUT2D eigenvalue weighted by molar-refractivity contribution is 0.203. The molecule has 0 aliphatic carbocycles. The minimum Gasteiger partial charge on any atom is -0.376 e. The molecule has 0 saturated carbocycles. The third kappa shape index (κ3) is 4.16. The van der Waals surface area contributed by atoms with Crippen LogP contribution in [0.2, 0.25) is 0 Å². The summed E-state index contributed by atoms with van der Waals surface area (Å²) in [5.74, 6) is 0. The SMILES string of the molecule is CC/C=C/C=C(C)\C=C(/C)C1NOC(=S)N1. The topological polar surface area (TPSA) is 33.3 Å². The van der Waals surface area contributed by atoms with Crippen molar-refractivity contribution in [3.8, 4) is 0 Å². The van der Waals surface area contributed by atoms with E-state index in [2.05, 4.69) is 48.9 Å². The predicted molar refractivity (Wildman–Crippen MR) is 70.7 cm³/mol. The molecule has 0 amide bonds. The predicted octanol–water partition coefficient (Wildman–Crippen LogP) is 2.58. The Bertz CT molecular complexity index is 345. The van der Waals surface area contributed by atoms with E-state index < -0.39 is 0 Å². The normalized spacial score (nSPS) is 22.4. The summed E-state index contributed by atoms with van der Waals surface area (Å²) in [5, 5.41) is 3.40. The van der Waals surface area contributed by atoms with Gasteiger partial charge in [0.15, 0.2) is 0 Å². The first-order valence-corrected chi connectivity index (χ1v) is 5.78. The molecule has 1 fully saturated rings. The summed E-state index contributed by atoms with van der Waals surface area (Å²) in [6.07, 6.45) is 9.40. The average molecular weight is 238 g/mol. The van der Waals surface area contributed by atoms with Gasteiger partial charge in [-0.25, -0.2) is 0 Å². The molecule has 0 spiro atoms. The standard InChI is InChI=1S/C12H18N2OS/c1-4-5-6-7-9(2)8-10(3)11-13-12(16)15-14-11/h5-8,11,14H,4H2,1-3H3,(H,13,16)/b6-5+,9-7-,10-8+. The van der Waals surface area contributed by atoms with Crippen molar-refractivity contribution in [1.82, 2.24) is 10.8 Å². The molecular weight excluding hydrogens is 220 g/mol. The molecule has 0 aromatic heterocycles. The number of hydroxylamine groups is 1. The molecule has 0 radical (unpaired) electrons. The molecule has 0 aromatic rings. The summed E-state index contributed by atoms with van der Waals surface area (Å²) < 4.78 is 0. The van der Waals surface area contributed by atoms with Crippen LogP contribution in [0.5, 0.6) is 0 Å². The number of hydrogen-bond acceptors (Lipinski definition) is 3. The molecule has 1 aliphatic heterocycles. The third-order valence-electron chi connectivity index (χ3n) is 2.17. The van der Waals surface area contributed by atoms with Crippen LogP contribution >= 0.6 is 12.2 Å². The highest BCUT2D eigenvalue weighted by Gasteiger charge is 2.19. The number of thiocarbonyl (C=S) groups is 1. The van der Waals surface area contributed by atoms with E-state index in [4.69, 9.17) is 17.1 Å². The molecule has 1 rings (SSSR count). The highest BCUT2D eigenvalue weighted by Crippen LogP contribution is 2.08. The molecule has 1 unspecified atom stereocenters. The first-order valence-electron chi connectivity index (χ1n) is 5.38. The van der Waals surface area contributed by atoms with E-state index in [0.29, 0.717) is 5.17 Å². The zero-order chi connectivity index (χ0) is 12.0. The van der Waals surface area contributed by atoms with Gasteiger partial charge in [0.1, 0.15) is 6.17 Å². The molecule has 1 saturated heterocycles. The Morgan fingerprint density at radius 1 is 1.50 bits per heavy atom. The second-order valence-corrected chi connectivity index (χ2v) is 4.09. The summed E-state index contributed by atoms with van der Waals surface area (Å²) in [4.78, 5) is 4.96. The highest BCUT2D eigenvalue weighted by atomic mass is 32.1. The second kappa shape index (κ2) is 6.45. The van der Waals surface area contributed by atoms with Crippen molar-refractivity contribution in [2.45, 2.75) is 33.4 Å². The molecule has 0 aromatic carbocycles. The lowest BCUT2D eigenvalue weighted by atomic mass is 10.1. The minimum atomic E-state index is -0.0222. The van der Waals surface area contributed by atoms with Crippen molar-refractivity contribution in [2.24, 2.45) is 0 Å². The number of allylic oxidation sites excluding steroid dienone is 5. The van der Waals surface area contributed by atoms with Crippen molar-refractivity contribution in [1.29, 1.82) is 0 Å². The summed E-state index contributed by atoms with van der Waals surface area (Å²) in [7, 11) is 0. The largest absolute Gasteiger partial charge is 0.376 e. The highest BCUT2D eigenvalue weighted by molar-refractivity contribution is 7.80. The zero-order valence-corrected chi connectivity index (χ0v) is 10.7. The van der Waals surface area contributed by atoms with E-state index in [1.54, 1.807) is 0 Å². The van der Waals surface area contributed by atoms with Crippen LogP contribution in [0.3, 0.4) is 0 Å². The molecule has 2 N–H and O–H groups in total. The van der Waals surface area contributed by atoms with Crippen LogP contribution in [0, 0.1) is 0 Å². The summed E-state index contributed by atoms with van der Waals surface area (Å²) in [5.41, 5.74) is 5.15. The van der Waals surface area contributed by atoms with Crippen molar-refractivity contribution < 1.29 is 4.84 Å². The molecular formula is C12H18N2OS. The molecule has 3 nitrogen and oxygen atoms in total. The number of nitrogens with one attached hydrogen (secondary N) is 2. The van der Waals surface area contributed by atoms with Crippen molar-refractivity contribution in [3.05, 3.63) is 35.5 Å². The lowest BCUT2D eigenvalue weighted by Crippen LogP contribution is -2.32. The van der Waals surface area contributed by atoms with Gasteiger partial charge in [0.25, 0.3) is 5.17 Å². The van der Waals surface area contributed by atoms with Gasteiger partial charge in [0, 0.05) is 0 Å². The Labute approximate surface area is 102 Å². The molecule has 4 heteroatoms. The zero-order valence-electron chi connectivity index (χ0n) is 9.91. The quantitative estimate of drug-likeness (QED) is 0.582. The molecule has 1 aliphatic rings. The van der Waals surface area contributed by atoms with Gasteiger partial charge in [0.05, 0.1) is 0 Å². The lowest BCUT2D eigenvalue weighted by Gasteiger charge is -2.08. The van der Waals surface area contributed by atoms with Crippen molar-refractivity contribution >= 4 is 17.4 Å². The molecule has 0 bridgehead atoms. The van der Waals surface area contributed by atoms with E-state index in [0.717, 1.165) is 12.0 Å². The molecule has 1 atom stereocenters. The van der Waals surface area contributed by atoms with E-state index in [9.17, 15) is 0 Å².